The van der Waals surface area contributed by atoms with Crippen LogP contribution in [0, 0.1) is 0 Å². The van der Waals surface area contributed by atoms with Gasteiger partial charge in [0.05, 0.1) is 12.3 Å². The first-order valence-electron chi connectivity index (χ1n) is 5.54. The Bertz CT molecular complexity index is 613. The van der Waals surface area contributed by atoms with Gasteiger partial charge in [0.1, 0.15) is 5.03 Å². The second-order valence-corrected chi connectivity index (χ2v) is 4.81. The maximum atomic E-state index is 8.77. The van der Waals surface area contributed by atoms with Gasteiger partial charge in [-0.1, -0.05) is 30.0 Å². The van der Waals surface area contributed by atoms with E-state index in [0.717, 1.165) is 27.0 Å². The second-order valence-electron chi connectivity index (χ2n) is 3.78. The van der Waals surface area contributed by atoms with E-state index in [1.165, 1.54) is 0 Å². The third-order valence-corrected chi connectivity index (χ3v) is 3.61. The van der Waals surface area contributed by atoms with Gasteiger partial charge in [0.2, 0.25) is 0 Å². The fourth-order valence-electron chi connectivity index (χ4n) is 1.74. The molecule has 18 heavy (non-hydrogen) atoms. The van der Waals surface area contributed by atoms with Crippen LogP contribution >= 0.6 is 11.8 Å². The Morgan fingerprint density at radius 1 is 1.28 bits per heavy atom. The van der Waals surface area contributed by atoms with E-state index in [4.69, 9.17) is 5.11 Å². The van der Waals surface area contributed by atoms with Crippen LogP contribution in [0.1, 0.15) is 5.56 Å². The zero-order chi connectivity index (χ0) is 12.4. The van der Waals surface area contributed by atoms with Crippen molar-refractivity contribution in [3.63, 3.8) is 0 Å². The van der Waals surface area contributed by atoms with E-state index >= 15 is 0 Å². The number of aliphatic hydroxyl groups excluding tert-OH is 1. The van der Waals surface area contributed by atoms with Gasteiger partial charge >= 0.3 is 0 Å². The normalized spacial score (nSPS) is 12.9. The molecule has 0 bridgehead atoms. The highest BCUT2D eigenvalue weighted by atomic mass is 32.2. The second kappa shape index (κ2) is 4.80. The van der Waals surface area contributed by atoms with E-state index in [1.54, 1.807) is 30.2 Å². The van der Waals surface area contributed by atoms with Crippen LogP contribution in [-0.4, -0.2) is 21.7 Å². The molecule has 0 aliphatic carbocycles. The SMILES string of the molecule is OCC=Cc1ccc2c(c1)Nc1nccnc1S2. The molecular weight excluding hydrogens is 246 g/mol. The minimum Gasteiger partial charge on any atom is -0.392 e. The summed E-state index contributed by atoms with van der Waals surface area (Å²) in [6.07, 6.45) is 6.97. The summed E-state index contributed by atoms with van der Waals surface area (Å²) in [4.78, 5) is 9.67. The van der Waals surface area contributed by atoms with Crippen molar-refractivity contribution in [2.45, 2.75) is 9.92 Å². The molecule has 2 aromatic rings. The predicted molar refractivity (Wildman–Crippen MR) is 72.0 cm³/mol. The summed E-state index contributed by atoms with van der Waals surface area (Å²) < 4.78 is 0. The first kappa shape index (κ1) is 11.3. The van der Waals surface area contributed by atoms with Crippen LogP contribution in [0.2, 0.25) is 0 Å². The molecule has 3 rings (SSSR count). The highest BCUT2D eigenvalue weighted by molar-refractivity contribution is 7.99. The molecule has 2 heterocycles. The molecule has 0 radical (unpaired) electrons. The molecular formula is C13H11N3OS. The molecule has 0 unspecified atom stereocenters. The highest BCUT2D eigenvalue weighted by Crippen LogP contribution is 2.42. The van der Waals surface area contributed by atoms with Gasteiger partial charge < -0.3 is 10.4 Å². The minimum absolute atomic E-state index is 0.0492. The van der Waals surface area contributed by atoms with Gasteiger partial charge in [-0.15, -0.1) is 0 Å². The molecule has 1 aliphatic rings. The largest absolute Gasteiger partial charge is 0.392 e. The Morgan fingerprint density at radius 3 is 3.06 bits per heavy atom. The van der Waals surface area contributed by atoms with Crippen molar-refractivity contribution >= 4 is 29.3 Å². The number of benzene rings is 1. The van der Waals surface area contributed by atoms with Crippen LogP contribution < -0.4 is 5.32 Å². The van der Waals surface area contributed by atoms with Gasteiger partial charge in [-0.3, -0.25) is 0 Å². The number of hydrogen-bond acceptors (Lipinski definition) is 5. The zero-order valence-electron chi connectivity index (χ0n) is 9.50. The van der Waals surface area contributed by atoms with Gasteiger partial charge in [-0.2, -0.15) is 0 Å². The quantitative estimate of drug-likeness (QED) is 0.739. The number of fused-ring (bicyclic) bond motifs is 2. The lowest BCUT2D eigenvalue weighted by atomic mass is 10.2. The van der Waals surface area contributed by atoms with Crippen LogP contribution in [0.15, 0.2) is 46.6 Å². The van der Waals surface area contributed by atoms with E-state index in [-0.39, 0.29) is 6.61 Å². The van der Waals surface area contributed by atoms with Gasteiger partial charge in [0, 0.05) is 17.3 Å². The third-order valence-electron chi connectivity index (χ3n) is 2.54. The van der Waals surface area contributed by atoms with Gasteiger partial charge in [-0.25, -0.2) is 9.97 Å². The Hall–Kier alpha value is -1.85. The summed E-state index contributed by atoms with van der Waals surface area (Å²) in [5.41, 5.74) is 2.07. The lowest BCUT2D eigenvalue weighted by Gasteiger charge is -2.18. The standard InChI is InChI=1S/C13H11N3OS/c17-7-1-2-9-3-4-11-10(8-9)16-12-13(18-11)15-6-5-14-12/h1-6,8,17H,7H2,(H,14,16). The minimum atomic E-state index is 0.0492. The number of rotatable bonds is 2. The van der Waals surface area contributed by atoms with E-state index in [2.05, 4.69) is 15.3 Å². The number of aliphatic hydroxyl groups is 1. The lowest BCUT2D eigenvalue weighted by Crippen LogP contribution is -2.03. The monoisotopic (exact) mass is 257 g/mol. The highest BCUT2D eigenvalue weighted by Gasteiger charge is 2.17. The van der Waals surface area contributed by atoms with Crippen molar-refractivity contribution < 1.29 is 5.11 Å². The fraction of sp³-hybridized carbons (Fsp3) is 0.0769. The zero-order valence-corrected chi connectivity index (χ0v) is 10.3. The first-order chi connectivity index (χ1) is 8.86. The summed E-state index contributed by atoms with van der Waals surface area (Å²) in [7, 11) is 0. The van der Waals surface area contributed by atoms with Crippen molar-refractivity contribution in [2.24, 2.45) is 0 Å². The lowest BCUT2D eigenvalue weighted by molar-refractivity contribution is 0.343. The molecule has 4 nitrogen and oxygen atoms in total. The molecule has 1 aromatic carbocycles. The number of aromatic nitrogens is 2. The van der Waals surface area contributed by atoms with Crippen molar-refractivity contribution in [1.29, 1.82) is 0 Å². The molecule has 1 aromatic heterocycles. The summed E-state index contributed by atoms with van der Waals surface area (Å²) >= 11 is 1.61. The Kier molecular flexibility index (Phi) is 3.00. The van der Waals surface area contributed by atoms with Gasteiger partial charge in [0.25, 0.3) is 0 Å². The van der Waals surface area contributed by atoms with Crippen LogP contribution in [0.25, 0.3) is 6.08 Å². The maximum Gasteiger partial charge on any atom is 0.163 e. The molecule has 0 fully saturated rings. The van der Waals surface area contributed by atoms with E-state index in [9.17, 15) is 0 Å². The molecule has 1 aliphatic heterocycles. The number of nitrogens with zero attached hydrogens (tertiary/aromatic N) is 2. The summed E-state index contributed by atoms with van der Waals surface area (Å²) in [5.74, 6) is 0.790. The Balaban J connectivity index is 1.96. The number of anilines is 2. The molecule has 2 N–H and O–H groups in total. The van der Waals surface area contributed by atoms with Gasteiger partial charge in [-0.05, 0) is 17.7 Å². The summed E-state index contributed by atoms with van der Waals surface area (Å²) in [6.45, 7) is 0.0492. The van der Waals surface area contributed by atoms with Crippen LogP contribution in [0.3, 0.4) is 0 Å². The van der Waals surface area contributed by atoms with Crippen molar-refractivity contribution in [3.8, 4) is 0 Å². The van der Waals surface area contributed by atoms with Gasteiger partial charge in [0.15, 0.2) is 5.82 Å². The predicted octanol–water partition coefficient (Wildman–Crippen LogP) is 2.69. The van der Waals surface area contributed by atoms with Crippen LogP contribution in [-0.2, 0) is 0 Å². The molecule has 90 valence electrons. The number of nitrogens with one attached hydrogen (secondary N) is 1. The van der Waals surface area contributed by atoms with Crippen LogP contribution in [0.5, 0.6) is 0 Å². The maximum absolute atomic E-state index is 8.77. The Labute approximate surface area is 109 Å². The number of hydrogen-bond donors (Lipinski definition) is 2. The van der Waals surface area contributed by atoms with E-state index in [1.807, 2.05) is 24.3 Å². The van der Waals surface area contributed by atoms with Crippen molar-refractivity contribution in [1.82, 2.24) is 9.97 Å². The molecule has 0 atom stereocenters. The molecule has 0 amide bonds. The van der Waals surface area contributed by atoms with Crippen LogP contribution in [0.4, 0.5) is 11.5 Å². The molecule has 0 saturated heterocycles. The first-order valence-corrected chi connectivity index (χ1v) is 6.36. The molecule has 5 heteroatoms. The summed E-state index contributed by atoms with van der Waals surface area (Å²) in [5, 5.41) is 12.9. The average Bonchev–Trinajstić information content (AvgIpc) is 2.42. The Morgan fingerprint density at radius 2 is 2.17 bits per heavy atom. The molecule has 0 spiro atoms. The van der Waals surface area contributed by atoms with E-state index < -0.39 is 0 Å². The average molecular weight is 257 g/mol. The smallest absolute Gasteiger partial charge is 0.163 e. The topological polar surface area (TPSA) is 58.0 Å². The third kappa shape index (κ3) is 2.10. The molecule has 0 saturated carbocycles. The fourth-order valence-corrected chi connectivity index (χ4v) is 2.62. The summed E-state index contributed by atoms with van der Waals surface area (Å²) in [6, 6.07) is 6.09. The van der Waals surface area contributed by atoms with Crippen molar-refractivity contribution in [2.75, 3.05) is 11.9 Å². The van der Waals surface area contributed by atoms with Crippen molar-refractivity contribution in [3.05, 3.63) is 42.2 Å². The van der Waals surface area contributed by atoms with E-state index in [0.29, 0.717) is 0 Å².